The first-order valence-electron chi connectivity index (χ1n) is 4.80. The van der Waals surface area contributed by atoms with Gasteiger partial charge in [-0.3, -0.25) is 4.79 Å². The number of anilines is 1. The summed E-state index contributed by atoms with van der Waals surface area (Å²) >= 11 is 0. The molecule has 0 saturated heterocycles. The molecule has 0 bridgehead atoms. The molecule has 1 amide bonds. The number of alkyl halides is 3. The topological polar surface area (TPSA) is 64.3 Å². The van der Waals surface area contributed by atoms with Gasteiger partial charge in [-0.1, -0.05) is 6.07 Å². The van der Waals surface area contributed by atoms with Crippen LogP contribution >= 0.6 is 0 Å². The number of para-hydroxylation sites is 1. The van der Waals surface area contributed by atoms with Crippen molar-refractivity contribution in [2.45, 2.75) is 6.18 Å². The van der Waals surface area contributed by atoms with Crippen LogP contribution in [0.2, 0.25) is 0 Å². The van der Waals surface area contributed by atoms with E-state index in [4.69, 9.17) is 10.5 Å². The third-order valence-electron chi connectivity index (χ3n) is 1.83. The Bertz CT molecular complexity index is 414. The summed E-state index contributed by atoms with van der Waals surface area (Å²) in [6, 6.07) is 3.73. The Morgan fingerprint density at radius 3 is 2.61 bits per heavy atom. The van der Waals surface area contributed by atoms with E-state index in [0.717, 1.165) is 6.07 Å². The second-order valence-electron chi connectivity index (χ2n) is 3.34. The fraction of sp³-hybridized carbons (Fsp3) is 0.300. The number of rotatable bonds is 4. The van der Waals surface area contributed by atoms with Gasteiger partial charge in [-0.2, -0.15) is 13.2 Å². The van der Waals surface area contributed by atoms with E-state index in [1.54, 1.807) is 5.32 Å². The first-order chi connectivity index (χ1) is 8.29. The van der Waals surface area contributed by atoms with Crippen molar-refractivity contribution in [3.05, 3.63) is 24.0 Å². The number of nitrogen functional groups attached to an aromatic ring is 1. The van der Waals surface area contributed by atoms with Crippen LogP contribution in [0.3, 0.4) is 0 Å². The van der Waals surface area contributed by atoms with Crippen LogP contribution in [0.5, 0.6) is 5.75 Å². The molecular weight excluding hydrogens is 256 g/mol. The van der Waals surface area contributed by atoms with Crippen molar-refractivity contribution in [2.24, 2.45) is 0 Å². The van der Waals surface area contributed by atoms with Crippen LogP contribution in [0.1, 0.15) is 0 Å². The fourth-order valence-electron chi connectivity index (χ4n) is 1.07. The quantitative estimate of drug-likeness (QED) is 0.640. The van der Waals surface area contributed by atoms with Gasteiger partial charge in [-0.05, 0) is 12.1 Å². The Balaban J connectivity index is 2.48. The number of ether oxygens (including phenoxy) is 1. The highest BCUT2D eigenvalue weighted by molar-refractivity contribution is 5.77. The van der Waals surface area contributed by atoms with E-state index in [1.807, 2.05) is 0 Å². The molecule has 0 aliphatic carbocycles. The highest BCUT2D eigenvalue weighted by atomic mass is 19.4. The van der Waals surface area contributed by atoms with Gasteiger partial charge in [0.2, 0.25) is 0 Å². The molecule has 3 N–H and O–H groups in total. The number of carbonyl (C=O) groups is 1. The molecule has 1 aromatic carbocycles. The van der Waals surface area contributed by atoms with E-state index < -0.39 is 31.1 Å². The second kappa shape index (κ2) is 5.56. The molecule has 0 atom stereocenters. The number of hydrogen-bond donors (Lipinski definition) is 2. The summed E-state index contributed by atoms with van der Waals surface area (Å²) in [4.78, 5) is 11.0. The van der Waals surface area contributed by atoms with E-state index in [9.17, 15) is 22.4 Å². The normalized spacial score (nSPS) is 11.1. The number of halogens is 4. The average Bonchev–Trinajstić information content (AvgIpc) is 2.25. The van der Waals surface area contributed by atoms with Gasteiger partial charge in [0, 0.05) is 0 Å². The van der Waals surface area contributed by atoms with E-state index >= 15 is 0 Å². The lowest BCUT2D eigenvalue weighted by Gasteiger charge is -2.11. The molecule has 0 heterocycles. The minimum absolute atomic E-state index is 0.0429. The average molecular weight is 266 g/mol. The lowest BCUT2D eigenvalue weighted by atomic mass is 10.3. The van der Waals surface area contributed by atoms with Crippen molar-refractivity contribution >= 4 is 11.6 Å². The Kier molecular flexibility index (Phi) is 4.35. The summed E-state index contributed by atoms with van der Waals surface area (Å²) in [5, 5.41) is 1.58. The summed E-state index contributed by atoms with van der Waals surface area (Å²) in [5.41, 5.74) is 5.33. The smallest absolute Gasteiger partial charge is 0.405 e. The first kappa shape index (κ1) is 14.1. The third-order valence-corrected chi connectivity index (χ3v) is 1.83. The van der Waals surface area contributed by atoms with Gasteiger partial charge in [-0.15, -0.1) is 0 Å². The van der Waals surface area contributed by atoms with Crippen LogP contribution in [0.25, 0.3) is 0 Å². The zero-order valence-electron chi connectivity index (χ0n) is 9.05. The van der Waals surface area contributed by atoms with Gasteiger partial charge in [0.15, 0.2) is 18.2 Å². The van der Waals surface area contributed by atoms with E-state index in [2.05, 4.69) is 0 Å². The summed E-state index contributed by atoms with van der Waals surface area (Å²) < 4.78 is 53.2. The van der Waals surface area contributed by atoms with Crippen LogP contribution < -0.4 is 15.8 Å². The summed E-state index contributed by atoms with van der Waals surface area (Å²) in [7, 11) is 0. The van der Waals surface area contributed by atoms with Crippen molar-refractivity contribution < 1.29 is 27.1 Å². The van der Waals surface area contributed by atoms with Crippen LogP contribution in [0, 0.1) is 5.82 Å². The van der Waals surface area contributed by atoms with Crippen LogP contribution in [-0.2, 0) is 4.79 Å². The maximum atomic E-state index is 13.2. The summed E-state index contributed by atoms with van der Waals surface area (Å²) in [6.07, 6.45) is -4.51. The molecule has 0 radical (unpaired) electrons. The maximum Gasteiger partial charge on any atom is 0.405 e. The molecule has 8 heteroatoms. The van der Waals surface area contributed by atoms with Gasteiger partial charge in [0.25, 0.3) is 5.91 Å². The van der Waals surface area contributed by atoms with Crippen molar-refractivity contribution in [1.82, 2.24) is 5.32 Å². The highest BCUT2D eigenvalue weighted by Gasteiger charge is 2.27. The molecule has 0 aliphatic heterocycles. The molecule has 0 saturated carbocycles. The molecule has 0 spiro atoms. The van der Waals surface area contributed by atoms with Gasteiger partial charge in [0.1, 0.15) is 6.54 Å². The SMILES string of the molecule is Nc1cccc(F)c1OCC(=O)NCC(F)(F)F. The Morgan fingerprint density at radius 1 is 1.39 bits per heavy atom. The van der Waals surface area contributed by atoms with Crippen LogP contribution in [0.4, 0.5) is 23.2 Å². The molecule has 0 aliphatic rings. The third kappa shape index (κ3) is 4.48. The van der Waals surface area contributed by atoms with Crippen LogP contribution in [0.15, 0.2) is 18.2 Å². The number of nitrogens with two attached hydrogens (primary N) is 1. The standard InChI is InChI=1S/C10H10F4N2O2/c11-6-2-1-3-7(15)9(6)18-4-8(17)16-5-10(12,13)14/h1-3H,4-5,15H2,(H,16,17). The fourth-order valence-corrected chi connectivity index (χ4v) is 1.07. The lowest BCUT2D eigenvalue weighted by molar-refractivity contribution is -0.139. The molecule has 0 aromatic heterocycles. The Labute approximate surface area is 99.7 Å². The number of benzene rings is 1. The van der Waals surface area contributed by atoms with Gasteiger partial charge in [0.05, 0.1) is 5.69 Å². The summed E-state index contributed by atoms with van der Waals surface area (Å²) in [5.74, 6) is -2.17. The molecule has 4 nitrogen and oxygen atoms in total. The molecule has 18 heavy (non-hydrogen) atoms. The summed E-state index contributed by atoms with van der Waals surface area (Å²) in [6.45, 7) is -2.22. The van der Waals surface area contributed by atoms with E-state index in [1.165, 1.54) is 12.1 Å². The molecule has 0 fully saturated rings. The van der Waals surface area contributed by atoms with Gasteiger partial charge < -0.3 is 15.8 Å². The monoisotopic (exact) mass is 266 g/mol. The van der Waals surface area contributed by atoms with E-state index in [-0.39, 0.29) is 11.4 Å². The lowest BCUT2D eigenvalue weighted by Crippen LogP contribution is -2.36. The number of nitrogens with one attached hydrogen (secondary N) is 1. The Hall–Kier alpha value is -1.99. The zero-order valence-corrected chi connectivity index (χ0v) is 9.05. The molecule has 1 aromatic rings. The van der Waals surface area contributed by atoms with Crippen LogP contribution in [-0.4, -0.2) is 25.2 Å². The second-order valence-corrected chi connectivity index (χ2v) is 3.34. The van der Waals surface area contributed by atoms with E-state index in [0.29, 0.717) is 0 Å². The van der Waals surface area contributed by atoms with Gasteiger partial charge >= 0.3 is 6.18 Å². The number of amides is 1. The zero-order chi connectivity index (χ0) is 13.8. The first-order valence-corrected chi connectivity index (χ1v) is 4.80. The van der Waals surface area contributed by atoms with Crippen molar-refractivity contribution in [2.75, 3.05) is 18.9 Å². The predicted molar refractivity (Wildman–Crippen MR) is 55.4 cm³/mol. The minimum Gasteiger partial charge on any atom is -0.479 e. The highest BCUT2D eigenvalue weighted by Crippen LogP contribution is 2.24. The van der Waals surface area contributed by atoms with Gasteiger partial charge in [-0.25, -0.2) is 4.39 Å². The number of carbonyl (C=O) groups excluding carboxylic acids is 1. The molecular formula is C10H10F4N2O2. The molecule has 1 rings (SSSR count). The largest absolute Gasteiger partial charge is 0.479 e. The minimum atomic E-state index is -4.51. The molecule has 0 unspecified atom stereocenters. The van der Waals surface area contributed by atoms with Crippen molar-refractivity contribution in [3.63, 3.8) is 0 Å². The maximum absolute atomic E-state index is 13.2. The molecule has 100 valence electrons. The predicted octanol–water partition coefficient (Wildman–Crippen LogP) is 1.47. The van der Waals surface area contributed by atoms with Crippen molar-refractivity contribution in [1.29, 1.82) is 0 Å². The van der Waals surface area contributed by atoms with Crippen molar-refractivity contribution in [3.8, 4) is 5.75 Å². The number of hydrogen-bond acceptors (Lipinski definition) is 3. The Morgan fingerprint density at radius 2 is 2.06 bits per heavy atom.